The molecule has 0 aliphatic heterocycles. The summed E-state index contributed by atoms with van der Waals surface area (Å²) in [5.41, 5.74) is 2.07. The van der Waals surface area contributed by atoms with Gasteiger partial charge in [-0.15, -0.1) is 0 Å². The van der Waals surface area contributed by atoms with E-state index in [2.05, 4.69) is 20.7 Å². The third-order valence-electron chi connectivity index (χ3n) is 4.89. The smallest absolute Gasteiger partial charge is 0.258 e. The first kappa shape index (κ1) is 20.0. The molecule has 0 bridgehead atoms. The topological polar surface area (TPSA) is 66.5 Å². The van der Waals surface area contributed by atoms with Crippen molar-refractivity contribution in [2.75, 3.05) is 11.9 Å². The molecular formula is C20H23BrN2O3S. The molecule has 5 nitrogen and oxygen atoms in total. The van der Waals surface area contributed by atoms with Gasteiger partial charge in [0.1, 0.15) is 0 Å². The van der Waals surface area contributed by atoms with Gasteiger partial charge in [0, 0.05) is 28.8 Å². The Kier molecular flexibility index (Phi) is 6.03. The van der Waals surface area contributed by atoms with Crippen LogP contribution in [0.1, 0.15) is 41.6 Å². The minimum atomic E-state index is -3.63. The summed E-state index contributed by atoms with van der Waals surface area (Å²) >= 11 is 3.42. The standard InChI is InChI=1S/C20H23BrN2O3S/c1-14-12-16(21)10-11-19(14)23(2)20(24)15-6-5-9-18(13-15)27(25,26)22-17-7-3-4-8-17/h5-6,9-13,17,22H,3-4,7-8H2,1-2H3. The van der Waals surface area contributed by atoms with Crippen molar-refractivity contribution in [2.45, 2.75) is 43.5 Å². The van der Waals surface area contributed by atoms with E-state index >= 15 is 0 Å². The van der Waals surface area contributed by atoms with Crippen molar-refractivity contribution in [2.24, 2.45) is 0 Å². The Hall–Kier alpha value is -1.70. The normalized spacial score (nSPS) is 15.1. The molecule has 1 saturated carbocycles. The van der Waals surface area contributed by atoms with E-state index in [1.165, 1.54) is 17.0 Å². The highest BCUT2D eigenvalue weighted by molar-refractivity contribution is 9.10. The summed E-state index contributed by atoms with van der Waals surface area (Å²) in [5.74, 6) is -0.252. The summed E-state index contributed by atoms with van der Waals surface area (Å²) in [7, 11) is -1.94. The lowest BCUT2D eigenvalue weighted by Crippen LogP contribution is -2.33. The molecule has 2 aromatic carbocycles. The summed E-state index contributed by atoms with van der Waals surface area (Å²) < 4.78 is 29.0. The van der Waals surface area contributed by atoms with Crippen molar-refractivity contribution in [1.82, 2.24) is 4.72 Å². The van der Waals surface area contributed by atoms with E-state index in [1.54, 1.807) is 19.2 Å². The van der Waals surface area contributed by atoms with E-state index in [4.69, 9.17) is 0 Å². The van der Waals surface area contributed by atoms with Crippen molar-refractivity contribution in [1.29, 1.82) is 0 Å². The maximum Gasteiger partial charge on any atom is 0.258 e. The van der Waals surface area contributed by atoms with Crippen LogP contribution in [-0.2, 0) is 10.0 Å². The van der Waals surface area contributed by atoms with Gasteiger partial charge < -0.3 is 4.90 Å². The molecular weight excluding hydrogens is 428 g/mol. The number of carbonyl (C=O) groups excluding carboxylic acids is 1. The molecule has 0 heterocycles. The highest BCUT2D eigenvalue weighted by atomic mass is 79.9. The molecule has 3 rings (SSSR count). The second-order valence-corrected chi connectivity index (χ2v) is 9.56. The van der Waals surface area contributed by atoms with Gasteiger partial charge in [0.15, 0.2) is 0 Å². The third-order valence-corrected chi connectivity index (χ3v) is 6.90. The second kappa shape index (κ2) is 8.12. The van der Waals surface area contributed by atoms with E-state index in [0.717, 1.165) is 41.4 Å². The molecule has 2 aromatic rings. The number of hydrogen-bond acceptors (Lipinski definition) is 3. The van der Waals surface area contributed by atoms with Crippen LogP contribution in [0.5, 0.6) is 0 Å². The first-order valence-corrected chi connectivity index (χ1v) is 11.2. The van der Waals surface area contributed by atoms with Crippen molar-refractivity contribution >= 4 is 37.5 Å². The lowest BCUT2D eigenvalue weighted by Gasteiger charge is -2.20. The fourth-order valence-electron chi connectivity index (χ4n) is 3.43. The zero-order valence-corrected chi connectivity index (χ0v) is 17.8. The quantitative estimate of drug-likeness (QED) is 0.739. The summed E-state index contributed by atoms with van der Waals surface area (Å²) in [4.78, 5) is 14.6. The van der Waals surface area contributed by atoms with Gasteiger partial charge in [-0.1, -0.05) is 34.8 Å². The number of benzene rings is 2. The minimum absolute atomic E-state index is 0.0116. The summed E-state index contributed by atoms with van der Waals surface area (Å²) in [5, 5.41) is 0. The molecule has 1 N–H and O–H groups in total. The Morgan fingerprint density at radius 2 is 1.85 bits per heavy atom. The summed E-state index contributed by atoms with van der Waals surface area (Å²) in [6.07, 6.45) is 3.82. The predicted molar refractivity (Wildman–Crippen MR) is 111 cm³/mol. The molecule has 0 saturated heterocycles. The van der Waals surface area contributed by atoms with Gasteiger partial charge >= 0.3 is 0 Å². The maximum atomic E-state index is 12.9. The number of amides is 1. The zero-order valence-electron chi connectivity index (χ0n) is 15.4. The SMILES string of the molecule is Cc1cc(Br)ccc1N(C)C(=O)c1cccc(S(=O)(=O)NC2CCCC2)c1. The number of aryl methyl sites for hydroxylation is 1. The van der Waals surface area contributed by atoms with Crippen LogP contribution in [-0.4, -0.2) is 27.4 Å². The van der Waals surface area contributed by atoms with Crippen LogP contribution in [0.3, 0.4) is 0 Å². The monoisotopic (exact) mass is 450 g/mol. The number of nitrogens with one attached hydrogen (secondary N) is 1. The molecule has 27 heavy (non-hydrogen) atoms. The number of hydrogen-bond donors (Lipinski definition) is 1. The molecule has 1 fully saturated rings. The van der Waals surface area contributed by atoms with Gasteiger partial charge in [-0.05, 0) is 61.7 Å². The Balaban J connectivity index is 1.84. The molecule has 1 aliphatic carbocycles. The number of carbonyl (C=O) groups is 1. The third kappa shape index (κ3) is 4.59. The van der Waals surface area contributed by atoms with Gasteiger partial charge in [-0.25, -0.2) is 13.1 Å². The summed E-state index contributed by atoms with van der Waals surface area (Å²) in [6.45, 7) is 1.93. The zero-order chi connectivity index (χ0) is 19.6. The van der Waals surface area contributed by atoms with Crippen molar-refractivity contribution in [3.05, 3.63) is 58.1 Å². The summed E-state index contributed by atoms with van der Waals surface area (Å²) in [6, 6.07) is 11.9. The lowest BCUT2D eigenvalue weighted by molar-refractivity contribution is 0.0992. The average Bonchev–Trinajstić information content (AvgIpc) is 3.13. The number of nitrogens with zero attached hydrogens (tertiary/aromatic N) is 1. The number of rotatable bonds is 5. The van der Waals surface area contributed by atoms with Crippen molar-refractivity contribution in [3.63, 3.8) is 0 Å². The molecule has 1 amide bonds. The highest BCUT2D eigenvalue weighted by Crippen LogP contribution is 2.25. The van der Waals surface area contributed by atoms with Crippen LogP contribution in [0.4, 0.5) is 5.69 Å². The molecule has 0 unspecified atom stereocenters. The Labute approximate surface area is 169 Å². The maximum absolute atomic E-state index is 12.9. The van der Waals surface area contributed by atoms with Crippen molar-refractivity contribution in [3.8, 4) is 0 Å². The fourth-order valence-corrected chi connectivity index (χ4v) is 5.25. The number of anilines is 1. The van der Waals surface area contributed by atoms with Crippen LogP contribution < -0.4 is 9.62 Å². The van der Waals surface area contributed by atoms with Gasteiger partial charge in [-0.2, -0.15) is 0 Å². The minimum Gasteiger partial charge on any atom is -0.311 e. The van der Waals surface area contributed by atoms with Gasteiger partial charge in [0.2, 0.25) is 10.0 Å². The van der Waals surface area contributed by atoms with Crippen LogP contribution >= 0.6 is 15.9 Å². The van der Waals surface area contributed by atoms with Gasteiger partial charge in [-0.3, -0.25) is 4.79 Å². The van der Waals surface area contributed by atoms with Crippen LogP contribution in [0.15, 0.2) is 51.8 Å². The van der Waals surface area contributed by atoms with Crippen LogP contribution in [0, 0.1) is 6.92 Å². The van der Waals surface area contributed by atoms with E-state index in [9.17, 15) is 13.2 Å². The molecule has 144 valence electrons. The number of halogens is 1. The molecule has 1 aliphatic rings. The van der Waals surface area contributed by atoms with E-state index in [-0.39, 0.29) is 16.8 Å². The second-order valence-electron chi connectivity index (χ2n) is 6.93. The first-order chi connectivity index (χ1) is 12.8. The van der Waals surface area contributed by atoms with E-state index in [0.29, 0.717) is 5.56 Å². The first-order valence-electron chi connectivity index (χ1n) is 8.94. The lowest BCUT2D eigenvalue weighted by atomic mass is 10.1. The van der Waals surface area contributed by atoms with Crippen molar-refractivity contribution < 1.29 is 13.2 Å². The molecule has 0 aromatic heterocycles. The van der Waals surface area contributed by atoms with Crippen LogP contribution in [0.2, 0.25) is 0 Å². The van der Waals surface area contributed by atoms with E-state index in [1.807, 2.05) is 25.1 Å². The average molecular weight is 451 g/mol. The predicted octanol–water partition coefficient (Wildman–Crippen LogP) is 4.26. The Bertz CT molecular complexity index is 953. The number of sulfonamides is 1. The highest BCUT2D eigenvalue weighted by Gasteiger charge is 2.24. The molecule has 7 heteroatoms. The molecule has 0 atom stereocenters. The van der Waals surface area contributed by atoms with Crippen LogP contribution in [0.25, 0.3) is 0 Å². The molecule has 0 spiro atoms. The Morgan fingerprint density at radius 1 is 1.15 bits per heavy atom. The fraction of sp³-hybridized carbons (Fsp3) is 0.350. The van der Waals surface area contributed by atoms with Gasteiger partial charge in [0.05, 0.1) is 4.90 Å². The Morgan fingerprint density at radius 3 is 2.52 bits per heavy atom. The van der Waals surface area contributed by atoms with E-state index < -0.39 is 10.0 Å². The molecule has 0 radical (unpaired) electrons. The van der Waals surface area contributed by atoms with Gasteiger partial charge in [0.25, 0.3) is 5.91 Å². The largest absolute Gasteiger partial charge is 0.311 e.